The lowest BCUT2D eigenvalue weighted by atomic mass is 10.2. The van der Waals surface area contributed by atoms with Crippen molar-refractivity contribution in [2.24, 2.45) is 4.99 Å². The predicted molar refractivity (Wildman–Crippen MR) is 82.2 cm³/mol. The highest BCUT2D eigenvalue weighted by Crippen LogP contribution is 2.23. The van der Waals surface area contributed by atoms with Crippen molar-refractivity contribution in [3.63, 3.8) is 0 Å². The van der Waals surface area contributed by atoms with E-state index in [2.05, 4.69) is 28.3 Å². The lowest BCUT2D eigenvalue weighted by Crippen LogP contribution is -2.25. The Hall–Kier alpha value is -1.92. The van der Waals surface area contributed by atoms with Crippen LogP contribution in [0, 0.1) is 11.6 Å². The Kier molecular flexibility index (Phi) is 6.52. The van der Waals surface area contributed by atoms with Gasteiger partial charge in [-0.2, -0.15) is 0 Å². The van der Waals surface area contributed by atoms with E-state index in [0.29, 0.717) is 0 Å². The number of halogens is 4. The lowest BCUT2D eigenvalue weighted by molar-refractivity contribution is -0.117. The second kappa shape index (κ2) is 7.91. The molecular formula is C14H12Cl2F2N2O2. The van der Waals surface area contributed by atoms with Gasteiger partial charge >= 0.3 is 0 Å². The van der Waals surface area contributed by atoms with Crippen molar-refractivity contribution < 1.29 is 18.3 Å². The summed E-state index contributed by atoms with van der Waals surface area (Å²) in [4.78, 5) is 15.3. The number of benzene rings is 1. The smallest absolute Gasteiger partial charge is 0.256 e. The van der Waals surface area contributed by atoms with E-state index in [-0.39, 0.29) is 27.9 Å². The molecule has 0 saturated carbocycles. The second-order valence-electron chi connectivity index (χ2n) is 4.00. The quantitative estimate of drug-likeness (QED) is 0.370. The zero-order chi connectivity index (χ0) is 16.9. The van der Waals surface area contributed by atoms with Crippen molar-refractivity contribution >= 4 is 35.8 Å². The lowest BCUT2D eigenvalue weighted by Gasteiger charge is -2.10. The first-order valence-electron chi connectivity index (χ1n) is 5.83. The Bertz CT molecular complexity index is 637. The third-order valence-corrected chi connectivity index (χ3v) is 3.06. The molecule has 0 aliphatic heterocycles. The number of aliphatic imine (C=N–C) groups is 1. The highest BCUT2D eigenvalue weighted by Gasteiger charge is 2.17. The zero-order valence-electron chi connectivity index (χ0n) is 11.6. The van der Waals surface area contributed by atoms with Crippen LogP contribution < -0.4 is 10.1 Å². The van der Waals surface area contributed by atoms with Gasteiger partial charge in [0, 0.05) is 11.6 Å². The standard InChI is InChI=1S/C14H12Cl2F2N2O2/c1-7(15)11(13(16)19-2)14(21)20-6-8-4-9(17)12(22-3)10(18)5-8/h4-5H,1-2,6H2,3H3,(H,20,21)/b13-11+. The van der Waals surface area contributed by atoms with Gasteiger partial charge in [-0.1, -0.05) is 29.8 Å². The summed E-state index contributed by atoms with van der Waals surface area (Å²) in [5.74, 6) is -2.96. The number of hydrogen-bond donors (Lipinski definition) is 1. The summed E-state index contributed by atoms with van der Waals surface area (Å²) in [6, 6.07) is 2.07. The maximum Gasteiger partial charge on any atom is 0.256 e. The number of hydrogen-bond acceptors (Lipinski definition) is 3. The molecule has 1 rings (SSSR count). The molecule has 0 bridgehead atoms. The summed E-state index contributed by atoms with van der Waals surface area (Å²) in [5.41, 5.74) is 0.0131. The fraction of sp³-hybridized carbons (Fsp3) is 0.143. The van der Waals surface area contributed by atoms with Gasteiger partial charge in [0.25, 0.3) is 5.91 Å². The molecule has 0 aromatic heterocycles. The minimum Gasteiger partial charge on any atom is -0.491 e. The van der Waals surface area contributed by atoms with Crippen LogP contribution in [-0.4, -0.2) is 19.7 Å². The fourth-order valence-electron chi connectivity index (χ4n) is 1.59. The summed E-state index contributed by atoms with van der Waals surface area (Å²) in [6.45, 7) is 6.40. The summed E-state index contributed by atoms with van der Waals surface area (Å²) < 4.78 is 31.6. The molecule has 0 spiro atoms. The molecule has 22 heavy (non-hydrogen) atoms. The summed E-state index contributed by atoms with van der Waals surface area (Å²) in [5, 5.41) is 2.03. The van der Waals surface area contributed by atoms with E-state index in [1.807, 2.05) is 0 Å². The number of carbonyl (C=O) groups excluding carboxylic acids is 1. The minimum absolute atomic E-state index is 0.137. The molecule has 0 heterocycles. The third-order valence-electron chi connectivity index (χ3n) is 2.56. The van der Waals surface area contributed by atoms with E-state index in [4.69, 9.17) is 23.2 Å². The van der Waals surface area contributed by atoms with Gasteiger partial charge < -0.3 is 10.1 Å². The van der Waals surface area contributed by atoms with Crippen LogP contribution in [0.5, 0.6) is 5.75 Å². The van der Waals surface area contributed by atoms with Crippen LogP contribution >= 0.6 is 23.2 Å². The van der Waals surface area contributed by atoms with E-state index in [0.717, 1.165) is 19.2 Å². The maximum absolute atomic E-state index is 13.5. The molecule has 4 nitrogen and oxygen atoms in total. The molecule has 1 N–H and O–H groups in total. The normalized spacial score (nSPS) is 11.5. The van der Waals surface area contributed by atoms with E-state index in [1.165, 1.54) is 0 Å². The first-order valence-corrected chi connectivity index (χ1v) is 6.58. The van der Waals surface area contributed by atoms with Gasteiger partial charge in [-0.15, -0.1) is 0 Å². The van der Waals surface area contributed by atoms with E-state index in [1.54, 1.807) is 0 Å². The molecule has 0 saturated heterocycles. The molecule has 0 aliphatic carbocycles. The van der Waals surface area contributed by atoms with Crippen LogP contribution in [0.4, 0.5) is 8.78 Å². The SMILES string of the molecule is C=N/C(Cl)=C(\C(=C)Cl)C(=O)NCc1cc(F)c(OC)c(F)c1. The molecule has 1 aromatic rings. The van der Waals surface area contributed by atoms with Gasteiger partial charge in [-0.25, -0.2) is 8.78 Å². The number of nitrogens with zero attached hydrogens (tertiary/aromatic N) is 1. The molecule has 0 radical (unpaired) electrons. The van der Waals surface area contributed by atoms with Crippen LogP contribution in [0.3, 0.4) is 0 Å². The Morgan fingerprint density at radius 3 is 2.32 bits per heavy atom. The van der Waals surface area contributed by atoms with Gasteiger partial charge in [-0.05, 0) is 24.4 Å². The van der Waals surface area contributed by atoms with Gasteiger partial charge in [0.1, 0.15) is 5.16 Å². The first kappa shape index (κ1) is 18.1. The highest BCUT2D eigenvalue weighted by molar-refractivity contribution is 6.39. The average Bonchev–Trinajstić information content (AvgIpc) is 2.44. The van der Waals surface area contributed by atoms with E-state index in [9.17, 15) is 13.6 Å². The van der Waals surface area contributed by atoms with Gasteiger partial charge in [-0.3, -0.25) is 9.79 Å². The molecule has 0 unspecified atom stereocenters. The fourth-order valence-corrected chi connectivity index (χ4v) is 2.01. The summed E-state index contributed by atoms with van der Waals surface area (Å²) >= 11 is 11.4. The van der Waals surface area contributed by atoms with E-state index >= 15 is 0 Å². The van der Waals surface area contributed by atoms with Gasteiger partial charge in [0.05, 0.1) is 12.7 Å². The number of ether oxygens (including phenoxy) is 1. The molecule has 0 atom stereocenters. The number of methoxy groups -OCH3 is 1. The Morgan fingerprint density at radius 1 is 1.36 bits per heavy atom. The average molecular weight is 349 g/mol. The first-order chi connectivity index (χ1) is 10.3. The topological polar surface area (TPSA) is 50.7 Å². The Balaban J connectivity index is 2.93. The summed E-state index contributed by atoms with van der Waals surface area (Å²) in [7, 11) is 1.15. The number of nitrogens with one attached hydrogen (secondary N) is 1. The molecule has 1 amide bonds. The Labute approximate surface area is 136 Å². The van der Waals surface area contributed by atoms with Crippen LogP contribution in [0.2, 0.25) is 0 Å². The van der Waals surface area contributed by atoms with Crippen molar-refractivity contribution in [3.05, 3.63) is 51.7 Å². The highest BCUT2D eigenvalue weighted by atomic mass is 35.5. The monoisotopic (exact) mass is 348 g/mol. The van der Waals surface area contributed by atoms with Crippen molar-refractivity contribution in [3.8, 4) is 5.75 Å². The van der Waals surface area contributed by atoms with Crippen LogP contribution in [0.1, 0.15) is 5.56 Å². The molecule has 118 valence electrons. The number of carbonyl (C=O) groups is 1. The van der Waals surface area contributed by atoms with Crippen LogP contribution in [-0.2, 0) is 11.3 Å². The van der Waals surface area contributed by atoms with Crippen molar-refractivity contribution in [1.82, 2.24) is 5.32 Å². The van der Waals surface area contributed by atoms with Crippen molar-refractivity contribution in [1.29, 1.82) is 0 Å². The molecular weight excluding hydrogens is 337 g/mol. The molecule has 0 aliphatic rings. The van der Waals surface area contributed by atoms with E-state index < -0.39 is 23.3 Å². The molecule has 8 heteroatoms. The minimum atomic E-state index is -0.880. The third kappa shape index (κ3) is 4.29. The molecule has 0 fully saturated rings. The number of amides is 1. The van der Waals surface area contributed by atoms with Crippen molar-refractivity contribution in [2.45, 2.75) is 6.54 Å². The predicted octanol–water partition coefficient (Wildman–Crippen LogP) is 3.49. The van der Waals surface area contributed by atoms with Crippen LogP contribution in [0.15, 0.2) is 39.5 Å². The van der Waals surface area contributed by atoms with Crippen LogP contribution in [0.25, 0.3) is 0 Å². The zero-order valence-corrected chi connectivity index (χ0v) is 13.1. The Morgan fingerprint density at radius 2 is 1.91 bits per heavy atom. The molecule has 1 aromatic carbocycles. The van der Waals surface area contributed by atoms with Gasteiger partial charge in [0.2, 0.25) is 0 Å². The second-order valence-corrected chi connectivity index (χ2v) is 4.82. The van der Waals surface area contributed by atoms with Crippen molar-refractivity contribution in [2.75, 3.05) is 7.11 Å². The maximum atomic E-state index is 13.5. The largest absolute Gasteiger partial charge is 0.491 e. The number of rotatable bonds is 6. The summed E-state index contributed by atoms with van der Waals surface area (Å²) in [6.07, 6.45) is 0. The van der Waals surface area contributed by atoms with Gasteiger partial charge in [0.15, 0.2) is 17.4 Å².